The van der Waals surface area contributed by atoms with Gasteiger partial charge in [-0.1, -0.05) is 12.1 Å². The molecule has 0 amide bonds. The molecule has 0 spiro atoms. The normalized spacial score (nSPS) is 11.8. The second-order valence-electron chi connectivity index (χ2n) is 7.23. The molecular weight excluding hydrogens is 459 g/mol. The van der Waals surface area contributed by atoms with E-state index in [2.05, 4.69) is 0 Å². The van der Waals surface area contributed by atoms with Crippen LogP contribution in [0.25, 0.3) is 32.3 Å². The summed E-state index contributed by atoms with van der Waals surface area (Å²) < 4.78 is 119. The third-order valence-electron chi connectivity index (χ3n) is 5.39. The Kier molecular flexibility index (Phi) is 4.64. The van der Waals surface area contributed by atoms with Crippen LogP contribution in [-0.2, 0) is 0 Å². The van der Waals surface area contributed by atoms with Gasteiger partial charge in [-0.15, -0.1) is 0 Å². The predicted molar refractivity (Wildman–Crippen MR) is 104 cm³/mol. The predicted octanol–water partition coefficient (Wildman–Crippen LogP) is 5.46. The van der Waals surface area contributed by atoms with Gasteiger partial charge in [-0.25, -0.2) is 30.7 Å². The maximum absolute atomic E-state index is 14.9. The molecule has 5 rings (SSSR count). The molecule has 0 aromatic heterocycles. The van der Waals surface area contributed by atoms with Crippen LogP contribution >= 0.6 is 0 Å². The highest BCUT2D eigenvalue weighted by Crippen LogP contribution is 2.44. The molecule has 0 atom stereocenters. The standard InChI is InChI=1S/C22H7BF8O2/c24-8-5-10(17(27)12(26)6-8)23(32)33-22-9-3-1-7-2-4-11(25)15-13(7)14(9)16(19(29)18(15)28)20(30)21(22)31/h1-6,32H. The van der Waals surface area contributed by atoms with Crippen molar-refractivity contribution in [3.05, 3.63) is 82.9 Å². The van der Waals surface area contributed by atoms with Crippen LogP contribution in [0.3, 0.4) is 0 Å². The minimum Gasteiger partial charge on any atom is -0.530 e. The van der Waals surface area contributed by atoms with E-state index in [0.29, 0.717) is 6.07 Å². The summed E-state index contributed by atoms with van der Waals surface area (Å²) >= 11 is 0. The van der Waals surface area contributed by atoms with E-state index >= 15 is 0 Å². The molecular formula is C22H7BF8O2. The van der Waals surface area contributed by atoms with E-state index in [0.717, 1.165) is 12.1 Å². The first-order valence-electron chi connectivity index (χ1n) is 9.22. The molecule has 0 radical (unpaired) electrons. The molecule has 1 N–H and O–H groups in total. The maximum Gasteiger partial charge on any atom is 0.563 e. The third kappa shape index (κ3) is 2.92. The highest BCUT2D eigenvalue weighted by molar-refractivity contribution is 6.61. The minimum absolute atomic E-state index is 0.151. The van der Waals surface area contributed by atoms with Crippen molar-refractivity contribution in [2.45, 2.75) is 0 Å². The topological polar surface area (TPSA) is 29.5 Å². The van der Waals surface area contributed by atoms with Crippen LogP contribution in [0, 0.1) is 46.5 Å². The lowest BCUT2D eigenvalue weighted by Gasteiger charge is -2.19. The van der Waals surface area contributed by atoms with Crippen molar-refractivity contribution in [3.8, 4) is 5.75 Å². The van der Waals surface area contributed by atoms with Gasteiger partial charge in [-0.05, 0) is 23.6 Å². The van der Waals surface area contributed by atoms with Crippen molar-refractivity contribution in [2.75, 3.05) is 0 Å². The maximum atomic E-state index is 14.9. The first kappa shape index (κ1) is 21.3. The van der Waals surface area contributed by atoms with Crippen LogP contribution in [0.15, 0.2) is 36.4 Å². The van der Waals surface area contributed by atoms with Crippen LogP contribution in [0.5, 0.6) is 5.75 Å². The van der Waals surface area contributed by atoms with Crippen LogP contribution in [0.4, 0.5) is 35.1 Å². The summed E-state index contributed by atoms with van der Waals surface area (Å²) in [7, 11) is -2.53. The lowest BCUT2D eigenvalue weighted by Crippen LogP contribution is -2.40. The Morgan fingerprint density at radius 2 is 1.24 bits per heavy atom. The van der Waals surface area contributed by atoms with Crippen molar-refractivity contribution >= 4 is 44.9 Å². The van der Waals surface area contributed by atoms with Crippen molar-refractivity contribution in [3.63, 3.8) is 0 Å². The summed E-state index contributed by atoms with van der Waals surface area (Å²) in [5.41, 5.74) is -1.07. The quantitative estimate of drug-likeness (QED) is 0.166. The zero-order valence-corrected chi connectivity index (χ0v) is 15.9. The molecule has 0 heterocycles. The Labute approximate surface area is 179 Å². The van der Waals surface area contributed by atoms with Crippen LogP contribution < -0.4 is 10.1 Å². The minimum atomic E-state index is -2.53. The van der Waals surface area contributed by atoms with E-state index in [1.807, 2.05) is 0 Å². The zero-order chi connectivity index (χ0) is 23.8. The molecule has 0 bridgehead atoms. The number of rotatable bonds is 3. The van der Waals surface area contributed by atoms with Gasteiger partial charge in [0.1, 0.15) is 17.4 Å². The fraction of sp³-hybridized carbons (Fsp3) is 0. The Bertz CT molecular complexity index is 1600. The fourth-order valence-corrected chi connectivity index (χ4v) is 3.97. The van der Waals surface area contributed by atoms with Gasteiger partial charge in [0.25, 0.3) is 0 Å². The summed E-state index contributed by atoms with van der Waals surface area (Å²) in [5.74, 6) is -14.3. The third-order valence-corrected chi connectivity index (χ3v) is 5.39. The van der Waals surface area contributed by atoms with Crippen molar-refractivity contribution in [1.29, 1.82) is 0 Å². The number of hydrogen-bond donors (Lipinski definition) is 1. The van der Waals surface area contributed by atoms with E-state index in [9.17, 15) is 40.1 Å². The Hall–Kier alpha value is -3.60. The van der Waals surface area contributed by atoms with E-state index in [4.69, 9.17) is 4.65 Å². The smallest absolute Gasteiger partial charge is 0.530 e. The molecule has 11 heteroatoms. The summed E-state index contributed by atoms with van der Waals surface area (Å²) in [5, 5.41) is 7.20. The molecule has 0 fully saturated rings. The summed E-state index contributed by atoms with van der Waals surface area (Å²) in [6.07, 6.45) is 0. The Morgan fingerprint density at radius 1 is 0.606 bits per heavy atom. The molecule has 0 saturated heterocycles. The molecule has 0 saturated carbocycles. The van der Waals surface area contributed by atoms with Gasteiger partial charge in [0.05, 0.1) is 10.8 Å². The molecule has 2 nitrogen and oxygen atoms in total. The lowest BCUT2D eigenvalue weighted by molar-refractivity contribution is 0.400. The molecule has 0 aliphatic heterocycles. The summed E-state index contributed by atoms with van der Waals surface area (Å²) in [6.45, 7) is 0. The van der Waals surface area contributed by atoms with Crippen molar-refractivity contribution < 1.29 is 44.8 Å². The fourth-order valence-electron chi connectivity index (χ4n) is 3.97. The lowest BCUT2D eigenvalue weighted by atomic mass is 9.78. The molecule has 0 unspecified atom stereocenters. The molecule has 5 aromatic carbocycles. The zero-order valence-electron chi connectivity index (χ0n) is 15.9. The van der Waals surface area contributed by atoms with Gasteiger partial charge < -0.3 is 9.68 Å². The van der Waals surface area contributed by atoms with Gasteiger partial charge >= 0.3 is 7.12 Å². The monoisotopic (exact) mass is 466 g/mol. The van der Waals surface area contributed by atoms with E-state index in [-0.39, 0.29) is 16.8 Å². The SMILES string of the molecule is OB(Oc1c(F)c(F)c2c(F)c(F)c3c(F)ccc4ccc1c2c43)c1cc(F)cc(F)c1F. The average molecular weight is 466 g/mol. The molecule has 0 aliphatic carbocycles. The molecule has 33 heavy (non-hydrogen) atoms. The van der Waals surface area contributed by atoms with Gasteiger partial charge in [-0.2, -0.15) is 4.39 Å². The second-order valence-corrected chi connectivity index (χ2v) is 7.23. The number of halogens is 8. The highest BCUT2D eigenvalue weighted by atomic mass is 19.2. The molecule has 0 aliphatic rings. The van der Waals surface area contributed by atoms with Gasteiger partial charge in [0, 0.05) is 27.7 Å². The average Bonchev–Trinajstić information content (AvgIpc) is 2.77. The first-order chi connectivity index (χ1) is 15.6. The Balaban J connectivity index is 1.84. The van der Waals surface area contributed by atoms with E-state index in [1.165, 1.54) is 12.1 Å². The van der Waals surface area contributed by atoms with Crippen LogP contribution in [0.1, 0.15) is 0 Å². The Morgan fingerprint density at radius 3 is 1.97 bits per heavy atom. The van der Waals surface area contributed by atoms with E-state index in [1.54, 1.807) is 0 Å². The molecule has 166 valence electrons. The van der Waals surface area contributed by atoms with Crippen molar-refractivity contribution in [2.24, 2.45) is 0 Å². The number of benzene rings is 5. The van der Waals surface area contributed by atoms with Crippen LogP contribution in [0.2, 0.25) is 0 Å². The second kappa shape index (κ2) is 7.21. The summed E-state index contributed by atoms with van der Waals surface area (Å²) in [4.78, 5) is 0. The highest BCUT2D eigenvalue weighted by Gasteiger charge is 2.32. The number of hydrogen-bond acceptors (Lipinski definition) is 2. The van der Waals surface area contributed by atoms with Crippen LogP contribution in [-0.4, -0.2) is 12.1 Å². The van der Waals surface area contributed by atoms with Gasteiger partial charge in [0.2, 0.25) is 0 Å². The largest absolute Gasteiger partial charge is 0.563 e. The summed E-state index contributed by atoms with van der Waals surface area (Å²) in [6, 6.07) is 4.98. The molecule has 5 aromatic rings. The van der Waals surface area contributed by atoms with Gasteiger partial charge in [0.15, 0.2) is 34.9 Å². The van der Waals surface area contributed by atoms with Crippen molar-refractivity contribution in [1.82, 2.24) is 0 Å². The van der Waals surface area contributed by atoms with E-state index < -0.39 is 86.4 Å². The van der Waals surface area contributed by atoms with Gasteiger partial charge in [-0.3, -0.25) is 0 Å². The first-order valence-corrected chi connectivity index (χ1v) is 9.22.